The number of halogens is 6. The molecule has 0 unspecified atom stereocenters. The van der Waals surface area contributed by atoms with Crippen molar-refractivity contribution < 1.29 is 31.1 Å². The maximum absolute atomic E-state index is 15.1. The number of rotatable bonds is 10. The number of hydrogen-bond donors (Lipinski definition) is 0. The van der Waals surface area contributed by atoms with Crippen LogP contribution in [0.2, 0.25) is 0 Å². The zero-order valence-corrected chi connectivity index (χ0v) is 24.2. The molecule has 5 aromatic carbocycles. The molecule has 8 heteroatoms. The average molecular weight is 616 g/mol. The van der Waals surface area contributed by atoms with Gasteiger partial charge in [0, 0.05) is 17.7 Å². The summed E-state index contributed by atoms with van der Waals surface area (Å²) in [6.45, 7) is 2.15. The number of aryl methyl sites for hydroxylation is 1. The Balaban J connectivity index is 1.31. The van der Waals surface area contributed by atoms with Gasteiger partial charge in [-0.2, -0.15) is 14.0 Å². The number of alkyl halides is 2. The first-order chi connectivity index (χ1) is 21.6. The third-order valence-electron chi connectivity index (χ3n) is 7.50. The molecule has 0 fully saturated rings. The Hall–Kier alpha value is -5.03. The Morgan fingerprint density at radius 2 is 1.24 bits per heavy atom. The second kappa shape index (κ2) is 13.3. The first-order valence-electron chi connectivity index (χ1n) is 14.3. The van der Waals surface area contributed by atoms with Crippen molar-refractivity contribution in [2.24, 2.45) is 0 Å². The van der Waals surface area contributed by atoms with Crippen LogP contribution < -0.4 is 4.74 Å². The highest BCUT2D eigenvalue weighted by atomic mass is 19.3. The molecule has 0 saturated carbocycles. The monoisotopic (exact) mass is 615 g/mol. The molecule has 0 atom stereocenters. The van der Waals surface area contributed by atoms with Gasteiger partial charge in [-0.3, -0.25) is 0 Å². The molecule has 0 radical (unpaired) electrons. The molecule has 0 N–H and O–H groups in total. The molecule has 0 aliphatic heterocycles. The zero-order valence-electron chi connectivity index (χ0n) is 24.2. The van der Waals surface area contributed by atoms with Crippen molar-refractivity contribution in [2.45, 2.75) is 38.7 Å². The molecular formula is C37H27F6NO. The molecule has 2 nitrogen and oxygen atoms in total. The molecule has 0 heterocycles. The predicted octanol–water partition coefficient (Wildman–Crippen LogP) is 11.0. The minimum absolute atomic E-state index is 0.213. The number of nitrogens with zero attached hydrogens (tertiary/aromatic N) is 1. The van der Waals surface area contributed by atoms with Crippen LogP contribution in [0.25, 0.3) is 33.4 Å². The van der Waals surface area contributed by atoms with E-state index in [1.807, 2.05) is 24.3 Å². The van der Waals surface area contributed by atoms with Crippen molar-refractivity contribution in [3.05, 3.63) is 137 Å². The largest absolute Gasteiger partial charge is 0.429 e. The molecule has 0 spiro atoms. The van der Waals surface area contributed by atoms with Crippen LogP contribution in [0.4, 0.5) is 26.3 Å². The summed E-state index contributed by atoms with van der Waals surface area (Å²) in [6, 6.07) is 23.1. The number of benzene rings is 5. The lowest BCUT2D eigenvalue weighted by Gasteiger charge is -2.19. The lowest BCUT2D eigenvalue weighted by molar-refractivity contribution is -0.185. The number of nitriles is 1. The van der Waals surface area contributed by atoms with Crippen molar-refractivity contribution in [3.63, 3.8) is 0 Å². The van der Waals surface area contributed by atoms with E-state index in [9.17, 15) is 13.2 Å². The van der Waals surface area contributed by atoms with Crippen molar-refractivity contribution in [1.29, 1.82) is 5.26 Å². The van der Waals surface area contributed by atoms with Crippen LogP contribution in [0.5, 0.6) is 5.75 Å². The molecule has 5 rings (SSSR count). The maximum Gasteiger partial charge on any atom is 0.426 e. The molecule has 0 amide bonds. The second-order valence-corrected chi connectivity index (χ2v) is 10.6. The minimum atomic E-state index is -4.00. The number of hydrogen-bond acceptors (Lipinski definition) is 2. The normalized spacial score (nSPS) is 11.3. The summed E-state index contributed by atoms with van der Waals surface area (Å²) >= 11 is 0. The predicted molar refractivity (Wildman–Crippen MR) is 161 cm³/mol. The van der Waals surface area contributed by atoms with Gasteiger partial charge < -0.3 is 4.74 Å². The van der Waals surface area contributed by atoms with Crippen molar-refractivity contribution in [1.82, 2.24) is 0 Å². The van der Waals surface area contributed by atoms with Crippen LogP contribution in [-0.2, 0) is 12.5 Å². The van der Waals surface area contributed by atoms with Gasteiger partial charge in [0.05, 0.1) is 16.7 Å². The first-order valence-corrected chi connectivity index (χ1v) is 14.3. The highest BCUT2D eigenvalue weighted by molar-refractivity contribution is 5.71. The Morgan fingerprint density at radius 3 is 1.84 bits per heavy atom. The van der Waals surface area contributed by atoms with Crippen molar-refractivity contribution >= 4 is 0 Å². The van der Waals surface area contributed by atoms with Crippen LogP contribution in [0.15, 0.2) is 97.1 Å². The fourth-order valence-corrected chi connectivity index (χ4v) is 5.07. The molecule has 0 bridgehead atoms. The van der Waals surface area contributed by atoms with Crippen LogP contribution in [-0.4, -0.2) is 0 Å². The third kappa shape index (κ3) is 7.04. The summed E-state index contributed by atoms with van der Waals surface area (Å²) in [5.74, 6) is -4.83. The Bertz CT molecular complexity index is 1840. The summed E-state index contributed by atoms with van der Waals surface area (Å²) in [6.07, 6.45) is 0.423. The van der Waals surface area contributed by atoms with Gasteiger partial charge >= 0.3 is 6.11 Å². The molecule has 5 aromatic rings. The van der Waals surface area contributed by atoms with E-state index in [0.29, 0.717) is 23.3 Å². The summed E-state index contributed by atoms with van der Waals surface area (Å²) in [5.41, 5.74) is 1.50. The van der Waals surface area contributed by atoms with Gasteiger partial charge in [-0.15, -0.1) is 0 Å². The van der Waals surface area contributed by atoms with Gasteiger partial charge in [0.15, 0.2) is 0 Å². The molecule has 0 aliphatic carbocycles. The van der Waals surface area contributed by atoms with Crippen molar-refractivity contribution in [2.75, 3.05) is 0 Å². The van der Waals surface area contributed by atoms with E-state index in [2.05, 4.69) is 11.7 Å². The molecule has 228 valence electrons. The molecular weight excluding hydrogens is 588 g/mol. The maximum atomic E-state index is 15.1. The van der Waals surface area contributed by atoms with E-state index < -0.39 is 46.3 Å². The van der Waals surface area contributed by atoms with Gasteiger partial charge in [-0.1, -0.05) is 74.4 Å². The summed E-state index contributed by atoms with van der Waals surface area (Å²) < 4.78 is 93.4. The van der Waals surface area contributed by atoms with E-state index in [4.69, 9.17) is 5.26 Å². The first kappa shape index (κ1) is 31.4. The van der Waals surface area contributed by atoms with E-state index in [1.54, 1.807) is 18.2 Å². The standard InChI is InChI=1S/C37H27F6NO/c1-2-3-4-5-23-6-8-24(9-7-23)26-14-17-31(33(39)18-26)25-12-15-29(16-13-25)37(42,43)45-30-20-34(40)36(35(41)21-30)27-10-11-28(22-44)32(38)19-27/h6-21H,2-5H2,1H3. The highest BCUT2D eigenvalue weighted by Crippen LogP contribution is 2.37. The van der Waals surface area contributed by atoms with E-state index in [1.165, 1.54) is 30.2 Å². The lowest BCUT2D eigenvalue weighted by Crippen LogP contribution is -2.22. The fourth-order valence-electron chi connectivity index (χ4n) is 5.07. The number of ether oxygens (including phenoxy) is 1. The van der Waals surface area contributed by atoms with E-state index in [0.717, 1.165) is 55.2 Å². The zero-order chi connectivity index (χ0) is 32.1. The fraction of sp³-hybridized carbons (Fsp3) is 0.162. The van der Waals surface area contributed by atoms with Gasteiger partial charge in [-0.05, 0) is 71.0 Å². The Labute approximate surface area is 257 Å². The van der Waals surface area contributed by atoms with Crippen LogP contribution >= 0.6 is 0 Å². The molecule has 0 saturated heterocycles. The minimum Gasteiger partial charge on any atom is -0.429 e. The molecule has 45 heavy (non-hydrogen) atoms. The number of unbranched alkanes of at least 4 members (excludes halogenated alkanes) is 2. The summed E-state index contributed by atoms with van der Waals surface area (Å²) in [4.78, 5) is 0. The van der Waals surface area contributed by atoms with Gasteiger partial charge in [-0.25, -0.2) is 17.6 Å². The summed E-state index contributed by atoms with van der Waals surface area (Å²) in [5, 5.41) is 8.85. The van der Waals surface area contributed by atoms with Crippen molar-refractivity contribution in [3.8, 4) is 45.2 Å². The van der Waals surface area contributed by atoms with Gasteiger partial charge in [0.25, 0.3) is 0 Å². The van der Waals surface area contributed by atoms with E-state index >= 15 is 13.2 Å². The Kier molecular flexibility index (Phi) is 9.29. The van der Waals surface area contributed by atoms with E-state index in [-0.39, 0.29) is 16.7 Å². The smallest absolute Gasteiger partial charge is 0.426 e. The third-order valence-corrected chi connectivity index (χ3v) is 7.50. The quantitative estimate of drug-likeness (QED) is 0.116. The van der Waals surface area contributed by atoms with Gasteiger partial charge in [0.2, 0.25) is 0 Å². The molecule has 0 aromatic heterocycles. The SMILES string of the molecule is CCCCCc1ccc(-c2ccc(-c3ccc(C(F)(F)Oc4cc(F)c(-c5ccc(C#N)c(F)c5)c(F)c4)cc3)c(F)c2)cc1. The second-order valence-electron chi connectivity index (χ2n) is 10.6. The topological polar surface area (TPSA) is 33.0 Å². The summed E-state index contributed by atoms with van der Waals surface area (Å²) in [7, 11) is 0. The average Bonchev–Trinajstić information content (AvgIpc) is 3.01. The molecule has 0 aliphatic rings. The van der Waals surface area contributed by atoms with Crippen LogP contribution in [0.1, 0.15) is 42.9 Å². The Morgan fingerprint density at radius 1 is 0.644 bits per heavy atom. The van der Waals surface area contributed by atoms with Gasteiger partial charge in [0.1, 0.15) is 35.1 Å². The highest BCUT2D eigenvalue weighted by Gasteiger charge is 2.35. The lowest BCUT2D eigenvalue weighted by atomic mass is 9.97. The van der Waals surface area contributed by atoms with Crippen LogP contribution in [0, 0.1) is 34.6 Å². The van der Waals surface area contributed by atoms with Crippen LogP contribution in [0.3, 0.4) is 0 Å².